The van der Waals surface area contributed by atoms with Gasteiger partial charge in [-0.1, -0.05) is 0 Å². The Hall–Kier alpha value is -0.860. The van der Waals surface area contributed by atoms with E-state index in [1.807, 2.05) is 6.92 Å². The molecule has 1 saturated heterocycles. The fraction of sp³-hybridized carbons (Fsp3) is 0.917. The second-order valence-corrected chi connectivity index (χ2v) is 7.82. The van der Waals surface area contributed by atoms with Crippen LogP contribution < -0.4 is 5.32 Å². The monoisotopic (exact) mass is 307 g/mol. The van der Waals surface area contributed by atoms with E-state index in [9.17, 15) is 9.00 Å². The fourth-order valence-electron chi connectivity index (χ4n) is 2.03. The minimum Gasteiger partial charge on any atom is -0.382 e. The highest BCUT2D eigenvalue weighted by atomic mass is 32.2. The summed E-state index contributed by atoms with van der Waals surface area (Å²) in [7, 11) is -0.486. The number of morpholine rings is 1. The highest BCUT2D eigenvalue weighted by molar-refractivity contribution is 7.92. The summed E-state index contributed by atoms with van der Waals surface area (Å²) in [5.74, 6) is 0. The van der Waals surface area contributed by atoms with Crippen LogP contribution >= 0.6 is 0 Å². The van der Waals surface area contributed by atoms with Crippen molar-refractivity contribution >= 4 is 15.8 Å². The van der Waals surface area contributed by atoms with E-state index in [0.717, 1.165) is 0 Å². The van der Waals surface area contributed by atoms with Crippen LogP contribution in [-0.2, 0) is 19.2 Å². The molecule has 0 radical (unpaired) electrons. The zero-order chi connectivity index (χ0) is 15.2. The molecule has 0 aliphatic carbocycles. The van der Waals surface area contributed by atoms with Crippen molar-refractivity contribution in [3.8, 4) is 0 Å². The molecular weight excluding hydrogens is 282 g/mol. The normalized spacial score (nSPS) is 23.5. The van der Waals surface area contributed by atoms with Crippen LogP contribution in [-0.4, -0.2) is 79.8 Å². The topological polar surface area (TPSA) is 80.2 Å². The molecule has 2 atom stereocenters. The van der Waals surface area contributed by atoms with Crippen LogP contribution in [0.25, 0.3) is 0 Å². The van der Waals surface area contributed by atoms with E-state index in [1.165, 1.54) is 0 Å². The molecule has 0 bridgehead atoms. The number of ether oxygens (including phenoxy) is 2. The molecule has 0 aromatic carbocycles. The summed E-state index contributed by atoms with van der Waals surface area (Å²) in [6.45, 7) is 4.22. The van der Waals surface area contributed by atoms with Crippen LogP contribution in [0.4, 0.5) is 4.79 Å². The van der Waals surface area contributed by atoms with Gasteiger partial charge in [-0.15, -0.1) is 0 Å². The van der Waals surface area contributed by atoms with Gasteiger partial charge < -0.3 is 19.7 Å². The van der Waals surface area contributed by atoms with Crippen molar-refractivity contribution in [2.45, 2.75) is 19.1 Å². The van der Waals surface area contributed by atoms with Gasteiger partial charge in [0.25, 0.3) is 0 Å². The maximum absolute atomic E-state index is 12.0. The summed E-state index contributed by atoms with van der Waals surface area (Å²) in [4.78, 5) is 13.7. The van der Waals surface area contributed by atoms with Gasteiger partial charge in [-0.2, -0.15) is 0 Å². The second-order valence-electron chi connectivity index (χ2n) is 5.19. The molecular formula is C12H25N3O4S. The average Bonchev–Trinajstić information content (AvgIpc) is 2.33. The molecule has 1 heterocycles. The third-order valence-electron chi connectivity index (χ3n) is 2.76. The van der Waals surface area contributed by atoms with Crippen molar-refractivity contribution in [3.05, 3.63) is 0 Å². The molecule has 7 nitrogen and oxygen atoms in total. The molecule has 8 heteroatoms. The first-order valence-electron chi connectivity index (χ1n) is 6.62. The molecule has 0 aromatic heterocycles. The molecule has 2 unspecified atom stereocenters. The largest absolute Gasteiger partial charge is 0.382 e. The zero-order valence-electron chi connectivity index (χ0n) is 12.6. The van der Waals surface area contributed by atoms with E-state index in [-0.39, 0.29) is 18.2 Å². The third kappa shape index (κ3) is 6.53. The standard InChI is InChI=1S/C12H25N3O4S/c1-10-7-15(8-11(19-10)9-18-2)12(16)13-5-6-14-20(3,4)17/h10-11H,5-9H2,1-4H3,(H,13,16). The molecule has 1 aliphatic heterocycles. The van der Waals surface area contributed by atoms with E-state index in [0.29, 0.717) is 32.8 Å². The first-order valence-corrected chi connectivity index (χ1v) is 8.95. The van der Waals surface area contributed by atoms with Crippen LogP contribution in [0.5, 0.6) is 0 Å². The Labute approximate surface area is 121 Å². The predicted octanol–water partition coefficient (Wildman–Crippen LogP) is 0.159. The van der Waals surface area contributed by atoms with Gasteiger partial charge in [0.15, 0.2) is 0 Å². The van der Waals surface area contributed by atoms with Crippen molar-refractivity contribution < 1.29 is 18.5 Å². The zero-order valence-corrected chi connectivity index (χ0v) is 13.4. The van der Waals surface area contributed by atoms with E-state index in [4.69, 9.17) is 9.47 Å². The Morgan fingerprint density at radius 2 is 2.20 bits per heavy atom. The van der Waals surface area contributed by atoms with Crippen LogP contribution in [0, 0.1) is 0 Å². The Morgan fingerprint density at radius 1 is 1.50 bits per heavy atom. The minimum atomic E-state index is -2.10. The number of nitrogens with one attached hydrogen (secondary N) is 1. The summed E-state index contributed by atoms with van der Waals surface area (Å²) in [6.07, 6.45) is 3.05. The van der Waals surface area contributed by atoms with Crippen LogP contribution in [0.1, 0.15) is 6.92 Å². The Morgan fingerprint density at radius 3 is 2.80 bits per heavy atom. The number of nitrogens with zero attached hydrogens (tertiary/aromatic N) is 2. The van der Waals surface area contributed by atoms with Crippen LogP contribution in [0.15, 0.2) is 4.36 Å². The molecule has 0 aromatic rings. The van der Waals surface area contributed by atoms with Crippen molar-refractivity contribution in [3.63, 3.8) is 0 Å². The summed E-state index contributed by atoms with van der Waals surface area (Å²) in [5, 5.41) is 2.78. The number of rotatable bonds is 5. The predicted molar refractivity (Wildman–Crippen MR) is 78.5 cm³/mol. The lowest BCUT2D eigenvalue weighted by atomic mass is 10.2. The van der Waals surface area contributed by atoms with Gasteiger partial charge in [-0.05, 0) is 6.92 Å². The quantitative estimate of drug-likeness (QED) is 0.734. The SMILES string of the molecule is COCC1CN(C(=O)NCCN=S(C)(C)=O)CC(C)O1. The number of hydrogen-bond acceptors (Lipinski definition) is 5. The number of carbonyl (C=O) groups excluding carboxylic acids is 1. The fourth-order valence-corrected chi connectivity index (χ4v) is 2.56. The van der Waals surface area contributed by atoms with Gasteiger partial charge in [0.2, 0.25) is 0 Å². The smallest absolute Gasteiger partial charge is 0.317 e. The van der Waals surface area contributed by atoms with Crippen molar-refractivity contribution in [2.75, 3.05) is 52.4 Å². The number of amides is 2. The highest BCUT2D eigenvalue weighted by Crippen LogP contribution is 2.11. The summed E-state index contributed by atoms with van der Waals surface area (Å²) in [6, 6.07) is -0.143. The lowest BCUT2D eigenvalue weighted by Gasteiger charge is -2.36. The Kier molecular flexibility index (Phi) is 6.70. The molecule has 0 saturated carbocycles. The van der Waals surface area contributed by atoms with Crippen LogP contribution in [0.2, 0.25) is 0 Å². The van der Waals surface area contributed by atoms with E-state index < -0.39 is 9.73 Å². The number of hydrogen-bond donors (Lipinski definition) is 1. The maximum atomic E-state index is 12.0. The lowest BCUT2D eigenvalue weighted by Crippen LogP contribution is -2.53. The average molecular weight is 307 g/mol. The van der Waals surface area contributed by atoms with Crippen LogP contribution in [0.3, 0.4) is 0 Å². The number of carbonyl (C=O) groups is 1. The summed E-state index contributed by atoms with van der Waals surface area (Å²) < 4.78 is 26.1. The minimum absolute atomic E-state index is 0.00985. The third-order valence-corrected chi connectivity index (χ3v) is 3.56. The van der Waals surface area contributed by atoms with Gasteiger partial charge in [-0.3, -0.25) is 4.21 Å². The van der Waals surface area contributed by atoms with Crippen molar-refractivity contribution in [1.29, 1.82) is 0 Å². The number of urea groups is 1. The summed E-state index contributed by atoms with van der Waals surface area (Å²) >= 11 is 0. The molecule has 118 valence electrons. The molecule has 1 N–H and O–H groups in total. The van der Waals surface area contributed by atoms with E-state index in [2.05, 4.69) is 9.68 Å². The van der Waals surface area contributed by atoms with Gasteiger partial charge >= 0.3 is 6.03 Å². The molecule has 1 fully saturated rings. The molecule has 1 aliphatic rings. The second kappa shape index (κ2) is 7.80. The molecule has 2 amide bonds. The van der Waals surface area contributed by atoms with Crippen molar-refractivity contribution in [2.24, 2.45) is 4.36 Å². The Bertz CT molecular complexity index is 426. The van der Waals surface area contributed by atoms with Crippen molar-refractivity contribution in [1.82, 2.24) is 10.2 Å². The van der Waals surface area contributed by atoms with Gasteiger partial charge in [0, 0.05) is 42.4 Å². The summed E-state index contributed by atoms with van der Waals surface area (Å²) in [5.41, 5.74) is 0. The molecule has 1 rings (SSSR count). The maximum Gasteiger partial charge on any atom is 0.317 e. The molecule has 0 spiro atoms. The van der Waals surface area contributed by atoms with Gasteiger partial charge in [0.05, 0.1) is 31.9 Å². The van der Waals surface area contributed by atoms with Gasteiger partial charge in [0.1, 0.15) is 0 Å². The first kappa shape index (κ1) is 17.2. The highest BCUT2D eigenvalue weighted by Gasteiger charge is 2.28. The first-order chi connectivity index (χ1) is 9.31. The Balaban J connectivity index is 2.40. The van der Waals surface area contributed by atoms with E-state index in [1.54, 1.807) is 24.5 Å². The number of methoxy groups -OCH3 is 1. The van der Waals surface area contributed by atoms with E-state index >= 15 is 0 Å². The molecule has 20 heavy (non-hydrogen) atoms. The lowest BCUT2D eigenvalue weighted by molar-refractivity contribution is -0.0896. The van der Waals surface area contributed by atoms with Gasteiger partial charge in [-0.25, -0.2) is 9.16 Å².